The predicted molar refractivity (Wildman–Crippen MR) is 103 cm³/mol. The van der Waals surface area contributed by atoms with Crippen molar-refractivity contribution < 1.29 is 0 Å². The lowest BCUT2D eigenvalue weighted by atomic mass is 10.1. The van der Waals surface area contributed by atoms with Gasteiger partial charge in [-0.05, 0) is 48.9 Å². The maximum absolute atomic E-state index is 13.1. The zero-order chi connectivity index (χ0) is 18.3. The van der Waals surface area contributed by atoms with Gasteiger partial charge in [-0.2, -0.15) is 5.26 Å². The highest BCUT2D eigenvalue weighted by molar-refractivity contribution is 6.30. The van der Waals surface area contributed by atoms with Crippen LogP contribution in [0.3, 0.4) is 0 Å². The van der Waals surface area contributed by atoms with Crippen molar-refractivity contribution in [3.05, 3.63) is 80.3 Å². The summed E-state index contributed by atoms with van der Waals surface area (Å²) in [5, 5.41) is 13.8. The Labute approximate surface area is 153 Å². The fourth-order valence-corrected chi connectivity index (χ4v) is 3.11. The molecule has 6 heteroatoms. The number of pyridine rings is 1. The first-order valence-corrected chi connectivity index (χ1v) is 8.34. The van der Waals surface area contributed by atoms with E-state index in [2.05, 4.69) is 16.4 Å². The molecule has 0 aliphatic rings. The Morgan fingerprint density at radius 3 is 2.65 bits per heavy atom. The van der Waals surface area contributed by atoms with Crippen LogP contribution in [0.15, 0.2) is 53.3 Å². The first-order valence-electron chi connectivity index (χ1n) is 7.96. The van der Waals surface area contributed by atoms with Crippen LogP contribution in [0.4, 0.5) is 5.69 Å². The Kier molecular flexibility index (Phi) is 3.83. The van der Waals surface area contributed by atoms with Gasteiger partial charge < -0.3 is 5.32 Å². The maximum Gasteiger partial charge on any atom is 0.265 e. The van der Waals surface area contributed by atoms with Gasteiger partial charge in [0.15, 0.2) is 5.65 Å². The Balaban J connectivity index is 2.01. The number of halogens is 1. The third-order valence-corrected chi connectivity index (χ3v) is 4.59. The quantitative estimate of drug-likeness (QED) is 0.595. The summed E-state index contributed by atoms with van der Waals surface area (Å²) in [5.41, 5.74) is 3.33. The van der Waals surface area contributed by atoms with Crippen molar-refractivity contribution in [1.29, 1.82) is 5.26 Å². The van der Waals surface area contributed by atoms with Crippen LogP contribution < -0.4 is 16.1 Å². The number of nitrogens with one attached hydrogen (secondary N) is 1. The van der Waals surface area contributed by atoms with Crippen LogP contribution in [-0.4, -0.2) is 9.38 Å². The summed E-state index contributed by atoms with van der Waals surface area (Å²) >= 11 is 5.89. The highest BCUT2D eigenvalue weighted by atomic mass is 35.5. The van der Waals surface area contributed by atoms with Crippen LogP contribution in [-0.2, 0) is 0 Å². The molecule has 0 unspecified atom stereocenters. The molecule has 0 fully saturated rings. The third kappa shape index (κ3) is 2.48. The fraction of sp³-hybridized carbons (Fsp3) is 0.0500. The smallest absolute Gasteiger partial charge is 0.265 e. The van der Waals surface area contributed by atoms with Gasteiger partial charge >= 0.3 is 0 Å². The second-order valence-corrected chi connectivity index (χ2v) is 6.32. The van der Waals surface area contributed by atoms with E-state index in [0.717, 1.165) is 5.69 Å². The molecule has 0 saturated carbocycles. The SMILES string of the molecule is Cc1c(C#N)c2nc3ccccc3n2c(=O)c1=CNc1ccc(Cl)cc1. The van der Waals surface area contributed by atoms with Crippen LogP contribution >= 0.6 is 11.6 Å². The van der Waals surface area contributed by atoms with Gasteiger partial charge in [0.25, 0.3) is 5.56 Å². The first kappa shape index (κ1) is 16.1. The molecule has 5 nitrogen and oxygen atoms in total. The minimum Gasteiger partial charge on any atom is -0.361 e. The average molecular weight is 361 g/mol. The van der Waals surface area contributed by atoms with Gasteiger partial charge in [-0.15, -0.1) is 0 Å². The number of benzene rings is 2. The van der Waals surface area contributed by atoms with E-state index in [1.54, 1.807) is 25.3 Å². The molecule has 0 aliphatic heterocycles. The molecule has 0 atom stereocenters. The number of fused-ring (bicyclic) bond motifs is 3. The third-order valence-electron chi connectivity index (χ3n) is 4.34. The molecular weight excluding hydrogens is 348 g/mol. The molecule has 2 aromatic heterocycles. The zero-order valence-electron chi connectivity index (χ0n) is 13.8. The van der Waals surface area contributed by atoms with E-state index in [1.165, 1.54) is 4.40 Å². The summed E-state index contributed by atoms with van der Waals surface area (Å²) < 4.78 is 1.50. The van der Waals surface area contributed by atoms with E-state index in [0.29, 0.717) is 38.0 Å². The maximum atomic E-state index is 13.1. The normalized spacial score (nSPS) is 11.8. The number of aromatic nitrogens is 2. The number of hydrogen-bond donors (Lipinski definition) is 1. The minimum atomic E-state index is -0.216. The summed E-state index contributed by atoms with van der Waals surface area (Å²) in [7, 11) is 0. The Hall–Kier alpha value is -3.36. The molecule has 0 bridgehead atoms. The van der Waals surface area contributed by atoms with Gasteiger partial charge in [0.2, 0.25) is 0 Å². The second-order valence-electron chi connectivity index (χ2n) is 5.89. The van der Waals surface area contributed by atoms with Crippen molar-refractivity contribution in [3.63, 3.8) is 0 Å². The molecule has 0 aliphatic carbocycles. The molecular formula is C20H13ClN4O. The lowest BCUT2D eigenvalue weighted by Gasteiger charge is -2.04. The van der Waals surface area contributed by atoms with E-state index in [-0.39, 0.29) is 5.56 Å². The lowest BCUT2D eigenvalue weighted by Crippen LogP contribution is -2.34. The van der Waals surface area contributed by atoms with Crippen molar-refractivity contribution in [1.82, 2.24) is 9.38 Å². The summed E-state index contributed by atoms with van der Waals surface area (Å²) in [6, 6.07) is 16.7. The first-order chi connectivity index (χ1) is 12.6. The molecule has 4 aromatic rings. The van der Waals surface area contributed by atoms with Crippen LogP contribution in [0.1, 0.15) is 11.1 Å². The summed E-state index contributed by atoms with van der Waals surface area (Å²) in [6.07, 6.45) is 1.62. The van der Waals surface area contributed by atoms with Gasteiger partial charge in [0, 0.05) is 16.9 Å². The Morgan fingerprint density at radius 2 is 1.92 bits per heavy atom. The molecule has 0 amide bonds. The largest absolute Gasteiger partial charge is 0.361 e. The minimum absolute atomic E-state index is 0.216. The second kappa shape index (κ2) is 6.17. The number of rotatable bonds is 2. The van der Waals surface area contributed by atoms with Crippen LogP contribution in [0.25, 0.3) is 22.9 Å². The molecule has 0 saturated heterocycles. The molecule has 2 aromatic carbocycles. The van der Waals surface area contributed by atoms with Gasteiger partial charge in [0.05, 0.1) is 21.8 Å². The van der Waals surface area contributed by atoms with Crippen molar-refractivity contribution in [2.75, 3.05) is 5.32 Å². The van der Waals surface area contributed by atoms with E-state index < -0.39 is 0 Å². The van der Waals surface area contributed by atoms with Crippen molar-refractivity contribution in [2.45, 2.75) is 6.92 Å². The van der Waals surface area contributed by atoms with Crippen molar-refractivity contribution in [2.24, 2.45) is 0 Å². The van der Waals surface area contributed by atoms with Gasteiger partial charge in [-0.1, -0.05) is 23.7 Å². The van der Waals surface area contributed by atoms with Crippen LogP contribution in [0.5, 0.6) is 0 Å². The van der Waals surface area contributed by atoms with Gasteiger partial charge in [0.1, 0.15) is 6.07 Å². The Morgan fingerprint density at radius 1 is 1.19 bits per heavy atom. The number of imidazole rings is 1. The monoisotopic (exact) mass is 360 g/mol. The van der Waals surface area contributed by atoms with Gasteiger partial charge in [-0.3, -0.25) is 9.20 Å². The van der Waals surface area contributed by atoms with Gasteiger partial charge in [-0.25, -0.2) is 4.98 Å². The number of anilines is 1. The molecule has 0 spiro atoms. The van der Waals surface area contributed by atoms with Crippen molar-refractivity contribution >= 4 is 40.2 Å². The standard InChI is InChI=1S/C20H13ClN4O/c1-12-15(10-22)19-24-17-4-2-3-5-18(17)25(19)20(26)16(12)11-23-14-8-6-13(21)7-9-14/h2-9,11,23H,1H3. The number of hydrogen-bond acceptors (Lipinski definition) is 4. The number of nitriles is 1. The molecule has 26 heavy (non-hydrogen) atoms. The predicted octanol–water partition coefficient (Wildman–Crippen LogP) is 3.25. The van der Waals surface area contributed by atoms with E-state index in [4.69, 9.17) is 11.6 Å². The van der Waals surface area contributed by atoms with E-state index in [9.17, 15) is 10.1 Å². The number of para-hydroxylation sites is 2. The molecule has 0 radical (unpaired) electrons. The Bertz CT molecular complexity index is 1300. The molecule has 2 heterocycles. The number of nitrogens with zero attached hydrogens (tertiary/aromatic N) is 3. The molecule has 1 N–H and O–H groups in total. The van der Waals surface area contributed by atoms with Crippen molar-refractivity contribution in [3.8, 4) is 6.07 Å². The molecule has 4 rings (SSSR count). The summed E-state index contributed by atoms with van der Waals surface area (Å²) in [4.78, 5) is 17.6. The van der Waals surface area contributed by atoms with E-state index >= 15 is 0 Å². The highest BCUT2D eigenvalue weighted by Gasteiger charge is 2.15. The summed E-state index contributed by atoms with van der Waals surface area (Å²) in [5.74, 6) is 0. The van der Waals surface area contributed by atoms with Crippen LogP contribution in [0.2, 0.25) is 5.02 Å². The van der Waals surface area contributed by atoms with E-state index in [1.807, 2.05) is 36.4 Å². The lowest BCUT2D eigenvalue weighted by molar-refractivity contribution is 1.10. The summed E-state index contributed by atoms with van der Waals surface area (Å²) in [6.45, 7) is 1.76. The highest BCUT2D eigenvalue weighted by Crippen LogP contribution is 2.18. The zero-order valence-corrected chi connectivity index (χ0v) is 14.6. The average Bonchev–Trinajstić information content (AvgIpc) is 3.03. The topological polar surface area (TPSA) is 70.2 Å². The molecule has 126 valence electrons. The van der Waals surface area contributed by atoms with Crippen LogP contribution in [0, 0.1) is 18.3 Å². The fourth-order valence-electron chi connectivity index (χ4n) is 2.99.